The molecular formula is C21H20BrN3O5. The Bertz CT molecular complexity index is 1130. The Balaban J connectivity index is 0.000000396. The molecule has 0 saturated carbocycles. The second-order valence-electron chi connectivity index (χ2n) is 6.26. The van der Waals surface area contributed by atoms with Gasteiger partial charge in [-0.1, -0.05) is 30.3 Å². The summed E-state index contributed by atoms with van der Waals surface area (Å²) in [6.45, 7) is 4.19. The van der Waals surface area contributed by atoms with Gasteiger partial charge < -0.3 is 10.1 Å². The second-order valence-corrected chi connectivity index (χ2v) is 7.01. The highest BCUT2D eigenvalue weighted by atomic mass is 79.9. The summed E-state index contributed by atoms with van der Waals surface area (Å²) in [5.41, 5.74) is 1.52. The predicted octanol–water partition coefficient (Wildman–Crippen LogP) is 3.26. The summed E-state index contributed by atoms with van der Waals surface area (Å²) in [5, 5.41) is 8.46. The molecule has 2 aromatic carbocycles. The fourth-order valence-corrected chi connectivity index (χ4v) is 3.11. The van der Waals surface area contributed by atoms with E-state index >= 15 is 0 Å². The number of carbonyl (C=O) groups excluding carboxylic acids is 3. The van der Waals surface area contributed by atoms with Crippen LogP contribution in [0, 0.1) is 0 Å². The summed E-state index contributed by atoms with van der Waals surface area (Å²) in [7, 11) is 0. The summed E-state index contributed by atoms with van der Waals surface area (Å²) in [6, 6.07) is 14.7. The third-order valence-corrected chi connectivity index (χ3v) is 4.30. The molecule has 0 radical (unpaired) electrons. The number of hydrogen-bond acceptors (Lipinski definition) is 6. The lowest BCUT2D eigenvalue weighted by Crippen LogP contribution is -2.24. The SMILES string of the molecule is CC(=O)Nc1ccc(Cn2nc(Br)c3ccccc3c2=O)cc1.CC(=O)OC(C)=O. The van der Waals surface area contributed by atoms with Crippen LogP contribution in [0.15, 0.2) is 57.9 Å². The monoisotopic (exact) mass is 473 g/mol. The van der Waals surface area contributed by atoms with Crippen LogP contribution >= 0.6 is 15.9 Å². The number of aromatic nitrogens is 2. The van der Waals surface area contributed by atoms with Crippen LogP contribution in [0.5, 0.6) is 0 Å². The lowest BCUT2D eigenvalue weighted by Gasteiger charge is -2.09. The van der Waals surface area contributed by atoms with Crippen LogP contribution in [-0.2, 0) is 25.7 Å². The van der Waals surface area contributed by atoms with Gasteiger partial charge in [-0.15, -0.1) is 0 Å². The van der Waals surface area contributed by atoms with Crippen molar-refractivity contribution in [1.29, 1.82) is 0 Å². The van der Waals surface area contributed by atoms with E-state index < -0.39 is 11.9 Å². The Morgan fingerprint density at radius 3 is 2.03 bits per heavy atom. The minimum absolute atomic E-state index is 0.117. The largest absolute Gasteiger partial charge is 0.394 e. The lowest BCUT2D eigenvalue weighted by molar-refractivity contribution is -0.156. The Labute approximate surface area is 181 Å². The molecule has 1 heterocycles. The quantitative estimate of drug-likeness (QED) is 0.461. The number of amides is 1. The van der Waals surface area contributed by atoms with Crippen LogP contribution < -0.4 is 10.9 Å². The molecule has 1 aromatic heterocycles. The van der Waals surface area contributed by atoms with Gasteiger partial charge in [0.25, 0.3) is 5.56 Å². The van der Waals surface area contributed by atoms with Crippen molar-refractivity contribution in [1.82, 2.24) is 9.78 Å². The maximum atomic E-state index is 12.5. The molecular weight excluding hydrogens is 454 g/mol. The number of nitrogens with zero attached hydrogens (tertiary/aromatic N) is 2. The fraction of sp³-hybridized carbons (Fsp3) is 0.190. The molecule has 0 aliphatic heterocycles. The maximum Gasteiger partial charge on any atom is 0.310 e. The zero-order valence-corrected chi connectivity index (χ0v) is 18.2. The van der Waals surface area contributed by atoms with Gasteiger partial charge in [0.2, 0.25) is 5.91 Å². The van der Waals surface area contributed by atoms with Gasteiger partial charge in [-0.2, -0.15) is 5.10 Å². The molecule has 0 spiro atoms. The first-order valence-corrected chi connectivity index (χ1v) is 9.67. The van der Waals surface area contributed by atoms with Gasteiger partial charge in [0, 0.05) is 31.8 Å². The highest BCUT2D eigenvalue weighted by molar-refractivity contribution is 9.10. The summed E-state index contributed by atoms with van der Waals surface area (Å²) >= 11 is 3.42. The third-order valence-electron chi connectivity index (χ3n) is 3.72. The van der Waals surface area contributed by atoms with Crippen LogP contribution in [0.2, 0.25) is 0 Å². The molecule has 0 saturated heterocycles. The molecule has 3 rings (SSSR count). The fourth-order valence-electron chi connectivity index (χ4n) is 2.57. The predicted molar refractivity (Wildman–Crippen MR) is 116 cm³/mol. The standard InChI is InChI=1S/C17H14BrN3O2.C4H6O3/c1-11(22)19-13-8-6-12(7-9-13)10-21-17(23)15-5-3-2-4-14(15)16(18)20-21;1-3(5)7-4(2)6/h2-9H,10H2,1H3,(H,19,22);1-2H3. The van der Waals surface area contributed by atoms with E-state index in [2.05, 4.69) is 31.1 Å². The molecule has 0 atom stereocenters. The van der Waals surface area contributed by atoms with Gasteiger partial charge in [0.05, 0.1) is 11.9 Å². The van der Waals surface area contributed by atoms with E-state index in [0.29, 0.717) is 16.5 Å². The first-order valence-electron chi connectivity index (χ1n) is 8.88. The summed E-state index contributed by atoms with van der Waals surface area (Å²) in [4.78, 5) is 43.2. The van der Waals surface area contributed by atoms with Crippen molar-refractivity contribution in [2.75, 3.05) is 5.32 Å². The van der Waals surface area contributed by atoms with E-state index in [1.807, 2.05) is 30.3 Å². The maximum absolute atomic E-state index is 12.5. The van der Waals surface area contributed by atoms with E-state index in [4.69, 9.17) is 0 Å². The van der Waals surface area contributed by atoms with Crippen molar-refractivity contribution in [2.45, 2.75) is 27.3 Å². The molecule has 8 nitrogen and oxygen atoms in total. The molecule has 1 amide bonds. The number of rotatable bonds is 3. The molecule has 0 aliphatic carbocycles. The number of fused-ring (bicyclic) bond motifs is 1. The number of nitrogens with one attached hydrogen (secondary N) is 1. The number of esters is 2. The smallest absolute Gasteiger partial charge is 0.310 e. The normalized spacial score (nSPS) is 10.0. The molecule has 30 heavy (non-hydrogen) atoms. The topological polar surface area (TPSA) is 107 Å². The van der Waals surface area contributed by atoms with Crippen LogP contribution in [0.3, 0.4) is 0 Å². The van der Waals surface area contributed by atoms with E-state index in [0.717, 1.165) is 16.6 Å². The van der Waals surface area contributed by atoms with E-state index in [9.17, 15) is 19.2 Å². The molecule has 0 bridgehead atoms. The summed E-state index contributed by atoms with van der Waals surface area (Å²) < 4.78 is 6.04. The van der Waals surface area contributed by atoms with Crippen molar-refractivity contribution < 1.29 is 19.1 Å². The Hall–Kier alpha value is -3.33. The van der Waals surface area contributed by atoms with Gasteiger partial charge >= 0.3 is 11.9 Å². The van der Waals surface area contributed by atoms with Gasteiger partial charge in [-0.05, 0) is 39.7 Å². The van der Waals surface area contributed by atoms with Crippen LogP contribution in [-0.4, -0.2) is 27.6 Å². The molecule has 156 valence electrons. The third kappa shape index (κ3) is 6.63. The molecule has 1 N–H and O–H groups in total. The number of ether oxygens (including phenoxy) is 1. The molecule has 3 aromatic rings. The molecule has 0 aliphatic rings. The van der Waals surface area contributed by atoms with E-state index in [-0.39, 0.29) is 11.5 Å². The average molecular weight is 474 g/mol. The zero-order valence-electron chi connectivity index (χ0n) is 16.6. The van der Waals surface area contributed by atoms with E-state index in [1.54, 1.807) is 18.2 Å². The van der Waals surface area contributed by atoms with E-state index in [1.165, 1.54) is 25.5 Å². The number of benzene rings is 2. The molecule has 0 fully saturated rings. The Morgan fingerprint density at radius 2 is 1.53 bits per heavy atom. The second kappa shape index (κ2) is 10.4. The Kier molecular flexibility index (Phi) is 7.99. The average Bonchev–Trinajstić information content (AvgIpc) is 2.66. The van der Waals surface area contributed by atoms with Crippen LogP contribution in [0.4, 0.5) is 5.69 Å². The summed E-state index contributed by atoms with van der Waals surface area (Å²) in [5.74, 6) is -1.24. The minimum Gasteiger partial charge on any atom is -0.394 e. The highest BCUT2D eigenvalue weighted by Gasteiger charge is 2.08. The number of carbonyl (C=O) groups is 3. The minimum atomic E-state index is -0.562. The van der Waals surface area contributed by atoms with Gasteiger partial charge in [-0.25, -0.2) is 4.68 Å². The van der Waals surface area contributed by atoms with Crippen molar-refractivity contribution in [3.05, 3.63) is 69.1 Å². The van der Waals surface area contributed by atoms with Crippen molar-refractivity contribution >= 4 is 50.2 Å². The zero-order chi connectivity index (χ0) is 22.3. The van der Waals surface area contributed by atoms with Crippen molar-refractivity contribution in [3.8, 4) is 0 Å². The first-order chi connectivity index (χ1) is 14.2. The van der Waals surface area contributed by atoms with Crippen LogP contribution in [0.25, 0.3) is 10.8 Å². The molecule has 9 heteroatoms. The summed E-state index contributed by atoms with van der Waals surface area (Å²) in [6.07, 6.45) is 0. The molecule has 0 unspecified atom stereocenters. The van der Waals surface area contributed by atoms with Gasteiger partial charge in [-0.3, -0.25) is 19.2 Å². The first kappa shape index (κ1) is 23.0. The Morgan fingerprint density at radius 1 is 0.967 bits per heavy atom. The van der Waals surface area contributed by atoms with Crippen molar-refractivity contribution in [3.63, 3.8) is 0 Å². The lowest BCUT2D eigenvalue weighted by atomic mass is 10.2. The number of halogens is 1. The van der Waals surface area contributed by atoms with Crippen LogP contribution in [0.1, 0.15) is 26.3 Å². The van der Waals surface area contributed by atoms with Gasteiger partial charge in [0.1, 0.15) is 4.60 Å². The number of hydrogen-bond donors (Lipinski definition) is 1. The van der Waals surface area contributed by atoms with Crippen molar-refractivity contribution in [2.24, 2.45) is 0 Å². The van der Waals surface area contributed by atoms with Gasteiger partial charge in [0.15, 0.2) is 0 Å². The number of anilines is 1. The highest BCUT2D eigenvalue weighted by Crippen LogP contribution is 2.18.